The van der Waals surface area contributed by atoms with Crippen molar-refractivity contribution in [3.05, 3.63) is 107 Å². The number of aliphatic imine (C=N–C) groups is 1. The van der Waals surface area contributed by atoms with Gasteiger partial charge in [-0.3, -0.25) is 0 Å². The maximum Gasteiger partial charge on any atom is 0.163 e. The highest BCUT2D eigenvalue weighted by Crippen LogP contribution is 2.47. The molecule has 6 heteroatoms. The van der Waals surface area contributed by atoms with E-state index in [1.807, 2.05) is 66.2 Å². The van der Waals surface area contributed by atoms with Gasteiger partial charge in [0.25, 0.3) is 0 Å². The van der Waals surface area contributed by atoms with Crippen LogP contribution in [0.5, 0.6) is 5.75 Å². The van der Waals surface area contributed by atoms with E-state index in [9.17, 15) is 0 Å². The minimum absolute atomic E-state index is 0.127. The van der Waals surface area contributed by atoms with E-state index in [0.29, 0.717) is 17.4 Å². The van der Waals surface area contributed by atoms with Crippen molar-refractivity contribution in [2.45, 2.75) is 31.8 Å². The molecule has 3 aromatic carbocycles. The normalized spacial score (nSPS) is 17.3. The molecule has 1 aliphatic carbocycles. The molecule has 6 rings (SSSR count). The van der Waals surface area contributed by atoms with E-state index in [-0.39, 0.29) is 11.9 Å². The summed E-state index contributed by atoms with van der Waals surface area (Å²) < 4.78 is 22.4. The van der Waals surface area contributed by atoms with Crippen molar-refractivity contribution in [2.75, 3.05) is 7.11 Å². The molecular weight excluding hydrogens is 427 g/mol. The number of hydrogen-bond acceptors (Lipinski definition) is 4. The fourth-order valence-corrected chi connectivity index (χ4v) is 4.82. The number of aromatic nitrogens is 2. The standard InChI is InChI=1S/C28H25FN4O/c1-18-25-26(19-12-16-22(34-2)17-13-19)32(20-14-15-20)27(23-10-6-7-11-24(23)29)30-28(25)33(31-18)21-8-4-3-5-9-21/h3-13,16-17,20,26H,14-15H2,1-2H3. The minimum Gasteiger partial charge on any atom is -0.497 e. The van der Waals surface area contributed by atoms with Crippen LogP contribution in [0.2, 0.25) is 0 Å². The van der Waals surface area contributed by atoms with Gasteiger partial charge in [-0.25, -0.2) is 14.1 Å². The topological polar surface area (TPSA) is 42.6 Å². The Morgan fingerprint density at radius 1 is 0.912 bits per heavy atom. The lowest BCUT2D eigenvalue weighted by atomic mass is 9.93. The molecule has 1 atom stereocenters. The maximum absolute atomic E-state index is 15.1. The zero-order valence-corrected chi connectivity index (χ0v) is 19.1. The second-order valence-electron chi connectivity index (χ2n) is 8.80. The molecule has 0 amide bonds. The Hall–Kier alpha value is -3.93. The Morgan fingerprint density at radius 3 is 2.29 bits per heavy atom. The van der Waals surface area contributed by atoms with Gasteiger partial charge in [-0.1, -0.05) is 42.5 Å². The summed E-state index contributed by atoms with van der Waals surface area (Å²) in [5, 5.41) is 4.90. The molecule has 1 aliphatic heterocycles. The highest BCUT2D eigenvalue weighted by molar-refractivity contribution is 6.02. The minimum atomic E-state index is -0.272. The van der Waals surface area contributed by atoms with Crippen molar-refractivity contribution in [1.82, 2.24) is 14.7 Å². The molecule has 2 heterocycles. The Kier molecular flexibility index (Phi) is 4.94. The molecule has 0 saturated heterocycles. The average Bonchev–Trinajstić information content (AvgIpc) is 3.67. The van der Waals surface area contributed by atoms with Crippen molar-refractivity contribution in [3.63, 3.8) is 0 Å². The quantitative estimate of drug-likeness (QED) is 0.374. The first-order valence-corrected chi connectivity index (χ1v) is 11.6. The van der Waals surface area contributed by atoms with Crippen molar-refractivity contribution in [2.24, 2.45) is 4.99 Å². The third-order valence-corrected chi connectivity index (χ3v) is 6.58. The molecule has 2 aliphatic rings. The van der Waals surface area contributed by atoms with Gasteiger partial charge in [0.15, 0.2) is 5.82 Å². The van der Waals surface area contributed by atoms with Gasteiger partial charge in [-0.05, 0) is 61.7 Å². The third kappa shape index (κ3) is 3.37. The van der Waals surface area contributed by atoms with Gasteiger partial charge >= 0.3 is 0 Å². The van der Waals surface area contributed by atoms with E-state index in [1.54, 1.807) is 13.2 Å². The lowest BCUT2D eigenvalue weighted by Gasteiger charge is -2.38. The molecule has 1 fully saturated rings. The molecule has 1 aromatic heterocycles. The van der Waals surface area contributed by atoms with Crippen LogP contribution in [0.4, 0.5) is 10.2 Å². The molecule has 170 valence electrons. The summed E-state index contributed by atoms with van der Waals surface area (Å²) in [5.41, 5.74) is 4.52. The number of halogens is 1. The van der Waals surface area contributed by atoms with E-state index in [2.05, 4.69) is 17.0 Å². The van der Waals surface area contributed by atoms with Gasteiger partial charge in [0.05, 0.1) is 30.1 Å². The summed E-state index contributed by atoms with van der Waals surface area (Å²) in [6.45, 7) is 2.03. The molecule has 0 spiro atoms. The molecule has 0 bridgehead atoms. The van der Waals surface area contributed by atoms with Gasteiger partial charge in [0, 0.05) is 11.6 Å². The summed E-state index contributed by atoms with van der Waals surface area (Å²) >= 11 is 0. The predicted octanol–water partition coefficient (Wildman–Crippen LogP) is 5.97. The summed E-state index contributed by atoms with van der Waals surface area (Å²) in [5.74, 6) is 1.94. The Morgan fingerprint density at radius 2 is 1.62 bits per heavy atom. The van der Waals surface area contributed by atoms with Gasteiger partial charge in [0.2, 0.25) is 0 Å². The van der Waals surface area contributed by atoms with Crippen LogP contribution in [-0.2, 0) is 0 Å². The molecule has 1 saturated carbocycles. The van der Waals surface area contributed by atoms with Crippen LogP contribution in [0.25, 0.3) is 5.69 Å². The lowest BCUT2D eigenvalue weighted by Crippen LogP contribution is -2.40. The number of amidine groups is 1. The number of methoxy groups -OCH3 is 1. The molecule has 4 aromatic rings. The van der Waals surface area contributed by atoms with Crippen molar-refractivity contribution >= 4 is 11.7 Å². The number of nitrogens with zero attached hydrogens (tertiary/aromatic N) is 4. The molecular formula is C28H25FN4O. The van der Waals surface area contributed by atoms with Crippen molar-refractivity contribution < 1.29 is 9.13 Å². The van der Waals surface area contributed by atoms with Gasteiger partial charge in [-0.15, -0.1) is 0 Å². The zero-order valence-electron chi connectivity index (χ0n) is 19.1. The highest BCUT2D eigenvalue weighted by atomic mass is 19.1. The Labute approximate surface area is 198 Å². The summed E-state index contributed by atoms with van der Waals surface area (Å²) in [6.07, 6.45) is 2.11. The van der Waals surface area contributed by atoms with Crippen LogP contribution in [0.3, 0.4) is 0 Å². The van der Waals surface area contributed by atoms with Gasteiger partial charge in [-0.2, -0.15) is 5.10 Å². The SMILES string of the molecule is COc1ccc(C2c3c(C)nn(-c4ccccc4)c3N=C(c3ccccc3F)N2C2CC2)cc1. The van der Waals surface area contributed by atoms with E-state index in [4.69, 9.17) is 14.8 Å². The number of para-hydroxylation sites is 1. The van der Waals surface area contributed by atoms with E-state index in [1.165, 1.54) is 6.07 Å². The smallest absolute Gasteiger partial charge is 0.163 e. The Bertz CT molecular complexity index is 1370. The molecule has 0 N–H and O–H groups in total. The second-order valence-corrected chi connectivity index (χ2v) is 8.80. The monoisotopic (exact) mass is 452 g/mol. The predicted molar refractivity (Wildman–Crippen MR) is 131 cm³/mol. The first-order chi connectivity index (χ1) is 16.7. The first kappa shape index (κ1) is 20.7. The van der Waals surface area contributed by atoms with E-state index < -0.39 is 0 Å². The second kappa shape index (κ2) is 8.13. The largest absolute Gasteiger partial charge is 0.497 e. The van der Waals surface area contributed by atoms with Crippen molar-refractivity contribution in [3.8, 4) is 11.4 Å². The number of hydrogen-bond donors (Lipinski definition) is 0. The third-order valence-electron chi connectivity index (χ3n) is 6.58. The average molecular weight is 453 g/mol. The lowest BCUT2D eigenvalue weighted by molar-refractivity contribution is 0.340. The maximum atomic E-state index is 15.1. The molecule has 5 nitrogen and oxygen atoms in total. The van der Waals surface area contributed by atoms with Crippen molar-refractivity contribution in [1.29, 1.82) is 0 Å². The first-order valence-electron chi connectivity index (χ1n) is 11.6. The number of rotatable bonds is 5. The Balaban J connectivity index is 1.62. The van der Waals surface area contributed by atoms with Gasteiger partial charge < -0.3 is 9.64 Å². The van der Waals surface area contributed by atoms with Crippen LogP contribution < -0.4 is 4.74 Å². The number of fused-ring (bicyclic) bond motifs is 1. The van der Waals surface area contributed by atoms with E-state index in [0.717, 1.165) is 46.9 Å². The van der Waals surface area contributed by atoms with Crippen LogP contribution in [0.15, 0.2) is 83.9 Å². The van der Waals surface area contributed by atoms with Crippen LogP contribution in [-0.4, -0.2) is 33.7 Å². The number of aryl methyl sites for hydroxylation is 1. The molecule has 34 heavy (non-hydrogen) atoms. The number of benzene rings is 3. The fraction of sp³-hybridized carbons (Fsp3) is 0.214. The zero-order chi connectivity index (χ0) is 23.2. The van der Waals surface area contributed by atoms with Gasteiger partial charge in [0.1, 0.15) is 17.4 Å². The fourth-order valence-electron chi connectivity index (χ4n) is 4.82. The van der Waals surface area contributed by atoms with Crippen LogP contribution in [0, 0.1) is 12.7 Å². The summed E-state index contributed by atoms with van der Waals surface area (Å²) in [6, 6.07) is 25.2. The van der Waals surface area contributed by atoms with E-state index >= 15 is 4.39 Å². The number of ether oxygens (including phenoxy) is 1. The summed E-state index contributed by atoms with van der Waals surface area (Å²) in [7, 11) is 1.67. The molecule has 0 radical (unpaired) electrons. The van der Waals surface area contributed by atoms with Crippen LogP contribution in [0.1, 0.15) is 41.3 Å². The summed E-state index contributed by atoms with van der Waals surface area (Å²) in [4.78, 5) is 7.40. The van der Waals surface area contributed by atoms with Crippen LogP contribution >= 0.6 is 0 Å². The molecule has 1 unspecified atom stereocenters. The highest BCUT2D eigenvalue weighted by Gasteiger charge is 2.44.